The second-order valence-electron chi connectivity index (χ2n) is 9.37. The van der Waals surface area contributed by atoms with Gasteiger partial charge in [-0.25, -0.2) is 9.37 Å². The number of rotatable bonds is 4. The van der Waals surface area contributed by atoms with Crippen LogP contribution in [-0.2, 0) is 0 Å². The zero-order valence-corrected chi connectivity index (χ0v) is 19.0. The molecule has 3 aromatic heterocycles. The van der Waals surface area contributed by atoms with Gasteiger partial charge in [-0.05, 0) is 80.7 Å². The predicted molar refractivity (Wildman–Crippen MR) is 129 cm³/mol. The van der Waals surface area contributed by atoms with Crippen LogP contribution >= 0.6 is 0 Å². The lowest BCUT2D eigenvalue weighted by molar-refractivity contribution is 0.0617. The third kappa shape index (κ3) is 3.66. The van der Waals surface area contributed by atoms with E-state index in [4.69, 9.17) is 0 Å². The minimum atomic E-state index is -0.236. The minimum absolute atomic E-state index is 0.0935. The van der Waals surface area contributed by atoms with Gasteiger partial charge < -0.3 is 10.2 Å². The van der Waals surface area contributed by atoms with Crippen LogP contribution in [0.15, 0.2) is 61.1 Å². The second-order valence-corrected chi connectivity index (χ2v) is 9.37. The number of nitrogens with zero attached hydrogens (tertiary/aromatic N) is 4. The van der Waals surface area contributed by atoms with Crippen molar-refractivity contribution >= 4 is 11.6 Å². The van der Waals surface area contributed by atoms with Crippen LogP contribution in [0.25, 0.3) is 28.0 Å². The first kappa shape index (κ1) is 21.0. The summed E-state index contributed by atoms with van der Waals surface area (Å²) in [4.78, 5) is 24.7. The molecule has 3 fully saturated rings. The number of benzene rings is 1. The van der Waals surface area contributed by atoms with E-state index in [1.807, 2.05) is 40.9 Å². The lowest BCUT2D eigenvalue weighted by Crippen LogP contribution is -2.57. The van der Waals surface area contributed by atoms with Crippen molar-refractivity contribution in [3.8, 4) is 22.4 Å². The van der Waals surface area contributed by atoms with Gasteiger partial charge in [-0.15, -0.1) is 0 Å². The van der Waals surface area contributed by atoms with Crippen LogP contribution in [0.1, 0.15) is 28.9 Å². The van der Waals surface area contributed by atoms with Gasteiger partial charge in [0.25, 0.3) is 5.91 Å². The number of aryl methyl sites for hydroxylation is 1. The fourth-order valence-electron chi connectivity index (χ4n) is 5.34. The molecule has 4 aromatic rings. The summed E-state index contributed by atoms with van der Waals surface area (Å²) in [5.74, 6) is 0.226. The predicted octanol–water partition coefficient (Wildman–Crippen LogP) is 4.33. The standard InChI is InChI=1S/C27H26FN5O/c1-17-13-19(4-6-22(17)28)26-21(3-2-10-29-26)20-5-7-25-30-14-24(33(25)15-20)27(34)31-23-16-32-11-8-18(23)9-12-32/h2-7,10,13-15,18,23H,8-9,11-12,16H2,1H3,(H,31,34). The first-order chi connectivity index (χ1) is 16.6. The maximum atomic E-state index is 13.8. The van der Waals surface area contributed by atoms with Gasteiger partial charge in [0.2, 0.25) is 0 Å². The van der Waals surface area contributed by atoms with Crippen LogP contribution in [0.2, 0.25) is 0 Å². The van der Waals surface area contributed by atoms with Crippen molar-refractivity contribution in [1.29, 1.82) is 0 Å². The summed E-state index contributed by atoms with van der Waals surface area (Å²) >= 11 is 0. The van der Waals surface area contributed by atoms with Crippen molar-refractivity contribution in [3.63, 3.8) is 0 Å². The number of halogens is 1. The number of hydrogen-bond donors (Lipinski definition) is 1. The van der Waals surface area contributed by atoms with Gasteiger partial charge in [-0.3, -0.25) is 14.2 Å². The average molecular weight is 456 g/mol. The highest BCUT2D eigenvalue weighted by atomic mass is 19.1. The van der Waals surface area contributed by atoms with E-state index >= 15 is 0 Å². The Morgan fingerprint density at radius 2 is 1.91 bits per heavy atom. The summed E-state index contributed by atoms with van der Waals surface area (Å²) in [6.07, 6.45) is 7.61. The molecule has 1 N–H and O–H groups in total. The van der Waals surface area contributed by atoms with Crippen LogP contribution in [-0.4, -0.2) is 50.9 Å². The first-order valence-corrected chi connectivity index (χ1v) is 11.8. The first-order valence-electron chi connectivity index (χ1n) is 11.8. The van der Waals surface area contributed by atoms with Crippen LogP contribution in [0, 0.1) is 18.7 Å². The van der Waals surface area contributed by atoms with Crippen molar-refractivity contribution in [2.24, 2.45) is 5.92 Å². The van der Waals surface area contributed by atoms with Crippen molar-refractivity contribution in [2.75, 3.05) is 19.6 Å². The van der Waals surface area contributed by atoms with Gasteiger partial charge in [-0.2, -0.15) is 0 Å². The number of carbonyl (C=O) groups is 1. The number of fused-ring (bicyclic) bond motifs is 4. The molecule has 2 bridgehead atoms. The Bertz CT molecular complexity index is 1390. The molecule has 6 nitrogen and oxygen atoms in total. The largest absolute Gasteiger partial charge is 0.346 e. The molecule has 3 aliphatic heterocycles. The van der Waals surface area contributed by atoms with Crippen molar-refractivity contribution in [3.05, 3.63) is 78.1 Å². The molecule has 0 saturated carbocycles. The highest BCUT2D eigenvalue weighted by Gasteiger charge is 2.35. The summed E-state index contributed by atoms with van der Waals surface area (Å²) in [7, 11) is 0. The Kier molecular flexibility index (Phi) is 5.14. The Balaban J connectivity index is 1.35. The third-order valence-electron chi connectivity index (χ3n) is 7.26. The SMILES string of the molecule is Cc1cc(-c2ncccc2-c2ccc3ncc(C(=O)NC4CN5CCC4CC5)n3c2)ccc1F. The zero-order chi connectivity index (χ0) is 23.2. The summed E-state index contributed by atoms with van der Waals surface area (Å²) in [6.45, 7) is 4.95. The number of pyridine rings is 2. The molecular weight excluding hydrogens is 429 g/mol. The lowest BCUT2D eigenvalue weighted by Gasteiger charge is -2.44. The number of nitrogens with one attached hydrogen (secondary N) is 1. The lowest BCUT2D eigenvalue weighted by atomic mass is 9.84. The molecule has 3 aliphatic rings. The third-order valence-corrected chi connectivity index (χ3v) is 7.26. The molecule has 1 atom stereocenters. The number of imidazole rings is 1. The molecular formula is C27H26FN5O. The Morgan fingerprint density at radius 1 is 1.09 bits per heavy atom. The molecule has 7 heteroatoms. The van der Waals surface area contributed by atoms with Crippen LogP contribution in [0.3, 0.4) is 0 Å². The summed E-state index contributed by atoms with van der Waals surface area (Å²) in [5, 5.41) is 3.26. The number of carbonyl (C=O) groups excluding carboxylic acids is 1. The fraction of sp³-hybridized carbons (Fsp3) is 0.296. The van der Waals surface area contributed by atoms with E-state index in [-0.39, 0.29) is 17.8 Å². The van der Waals surface area contributed by atoms with Crippen molar-refractivity contribution < 1.29 is 9.18 Å². The monoisotopic (exact) mass is 455 g/mol. The molecule has 0 spiro atoms. The summed E-state index contributed by atoms with van der Waals surface area (Å²) in [5.41, 5.74) is 5.25. The molecule has 6 heterocycles. The van der Waals surface area contributed by atoms with E-state index in [9.17, 15) is 9.18 Å². The molecule has 1 unspecified atom stereocenters. The maximum Gasteiger partial charge on any atom is 0.270 e. The van der Waals surface area contributed by atoms with Gasteiger partial charge in [0, 0.05) is 41.7 Å². The number of hydrogen-bond acceptors (Lipinski definition) is 4. The van der Waals surface area contributed by atoms with Crippen LogP contribution in [0.5, 0.6) is 0 Å². The van der Waals surface area contributed by atoms with E-state index < -0.39 is 0 Å². The van der Waals surface area contributed by atoms with Crippen molar-refractivity contribution in [2.45, 2.75) is 25.8 Å². The van der Waals surface area contributed by atoms with Gasteiger partial charge in [0.1, 0.15) is 17.2 Å². The smallest absolute Gasteiger partial charge is 0.270 e. The van der Waals surface area contributed by atoms with Crippen LogP contribution < -0.4 is 5.32 Å². The molecule has 3 saturated heterocycles. The molecule has 172 valence electrons. The zero-order valence-electron chi connectivity index (χ0n) is 19.0. The molecule has 7 rings (SSSR count). The number of amides is 1. The van der Waals surface area contributed by atoms with E-state index in [0.29, 0.717) is 22.8 Å². The highest BCUT2D eigenvalue weighted by Crippen LogP contribution is 2.32. The van der Waals surface area contributed by atoms with Crippen molar-refractivity contribution in [1.82, 2.24) is 24.6 Å². The van der Waals surface area contributed by atoms with E-state index in [0.717, 1.165) is 54.9 Å². The molecule has 1 aromatic carbocycles. The van der Waals surface area contributed by atoms with Gasteiger partial charge in [-0.1, -0.05) is 6.07 Å². The maximum absolute atomic E-state index is 13.8. The van der Waals surface area contributed by atoms with Gasteiger partial charge in [0.05, 0.1) is 11.9 Å². The van der Waals surface area contributed by atoms with Crippen LogP contribution in [0.4, 0.5) is 4.39 Å². The molecule has 0 aliphatic carbocycles. The average Bonchev–Trinajstić information content (AvgIpc) is 3.30. The Morgan fingerprint density at radius 3 is 2.68 bits per heavy atom. The second kappa shape index (κ2) is 8.33. The van der Waals surface area contributed by atoms with E-state index in [2.05, 4.69) is 20.2 Å². The normalized spacial score (nSPS) is 21.6. The quantitative estimate of drug-likeness (QED) is 0.498. The number of piperidine rings is 3. The summed E-state index contributed by atoms with van der Waals surface area (Å²) in [6, 6.07) is 13.0. The fourth-order valence-corrected chi connectivity index (χ4v) is 5.34. The Labute approximate surface area is 197 Å². The summed E-state index contributed by atoms with van der Waals surface area (Å²) < 4.78 is 15.7. The van der Waals surface area contributed by atoms with E-state index in [1.165, 1.54) is 6.07 Å². The molecule has 34 heavy (non-hydrogen) atoms. The minimum Gasteiger partial charge on any atom is -0.346 e. The Hall–Kier alpha value is -3.58. The number of aromatic nitrogens is 3. The highest BCUT2D eigenvalue weighted by molar-refractivity contribution is 5.94. The van der Waals surface area contributed by atoms with E-state index in [1.54, 1.807) is 25.4 Å². The van der Waals surface area contributed by atoms with Gasteiger partial charge in [0.15, 0.2) is 0 Å². The molecule has 0 radical (unpaired) electrons. The topological polar surface area (TPSA) is 62.5 Å². The van der Waals surface area contributed by atoms with Gasteiger partial charge >= 0.3 is 0 Å². The molecule has 1 amide bonds.